The van der Waals surface area contributed by atoms with E-state index in [0.29, 0.717) is 11.3 Å². The summed E-state index contributed by atoms with van der Waals surface area (Å²) in [6.07, 6.45) is 0. The van der Waals surface area contributed by atoms with Gasteiger partial charge in [-0.05, 0) is 47.5 Å². The molecular formula is C16H15N5O3. The Labute approximate surface area is 137 Å². The van der Waals surface area contributed by atoms with E-state index in [9.17, 15) is 14.9 Å². The van der Waals surface area contributed by atoms with Crippen LogP contribution in [0.2, 0.25) is 0 Å². The average molecular weight is 325 g/mol. The van der Waals surface area contributed by atoms with Crippen molar-refractivity contribution in [3.05, 3.63) is 79.8 Å². The number of hydrogen-bond acceptors (Lipinski definition) is 5. The normalized spacial score (nSPS) is 10.8. The first-order valence-electron chi connectivity index (χ1n) is 7.30. The van der Waals surface area contributed by atoms with Crippen LogP contribution >= 0.6 is 0 Å². The lowest BCUT2D eigenvalue weighted by Gasteiger charge is -2.03. The number of nitro groups is 1. The van der Waals surface area contributed by atoms with Gasteiger partial charge < -0.3 is 0 Å². The van der Waals surface area contributed by atoms with Gasteiger partial charge in [0.2, 0.25) is 0 Å². The molecule has 0 spiro atoms. The second-order valence-electron chi connectivity index (χ2n) is 5.50. The molecule has 0 aliphatic rings. The minimum atomic E-state index is -0.431. The molecule has 0 aliphatic carbocycles. The molecule has 122 valence electrons. The molecule has 0 unspecified atom stereocenters. The molecule has 0 fully saturated rings. The molecule has 2 aromatic carbocycles. The number of aromatic nitrogens is 4. The van der Waals surface area contributed by atoms with Crippen LogP contribution < -0.4 is 5.69 Å². The van der Waals surface area contributed by atoms with Crippen LogP contribution in [0.1, 0.15) is 16.7 Å². The third-order valence-corrected chi connectivity index (χ3v) is 3.77. The SMILES string of the molecule is Cc1ccccc1-n1nnn(Cc2ccc([N+](=O)[O-])c(C)c2)c1=O. The van der Waals surface area contributed by atoms with Gasteiger partial charge in [-0.1, -0.05) is 24.3 Å². The summed E-state index contributed by atoms with van der Waals surface area (Å²) in [7, 11) is 0. The van der Waals surface area contributed by atoms with Crippen LogP contribution in [0, 0.1) is 24.0 Å². The maximum Gasteiger partial charge on any atom is 0.368 e. The fraction of sp³-hybridized carbons (Fsp3) is 0.188. The number of benzene rings is 2. The molecule has 0 N–H and O–H groups in total. The van der Waals surface area contributed by atoms with Gasteiger partial charge in [0, 0.05) is 11.6 Å². The highest BCUT2D eigenvalue weighted by molar-refractivity contribution is 5.42. The first kappa shape index (κ1) is 15.6. The molecule has 8 heteroatoms. The zero-order valence-corrected chi connectivity index (χ0v) is 13.2. The second kappa shape index (κ2) is 6.07. The van der Waals surface area contributed by atoms with Gasteiger partial charge >= 0.3 is 5.69 Å². The molecule has 0 amide bonds. The molecule has 0 saturated heterocycles. The summed E-state index contributed by atoms with van der Waals surface area (Å²) in [6, 6.07) is 12.1. The van der Waals surface area contributed by atoms with Gasteiger partial charge in [0.1, 0.15) is 0 Å². The Bertz CT molecular complexity index is 974. The highest BCUT2D eigenvalue weighted by atomic mass is 16.6. The Morgan fingerprint density at radius 1 is 1.08 bits per heavy atom. The minimum absolute atomic E-state index is 0.0506. The molecule has 3 rings (SSSR count). The smallest absolute Gasteiger partial charge is 0.258 e. The van der Waals surface area contributed by atoms with Crippen LogP contribution in [0.3, 0.4) is 0 Å². The van der Waals surface area contributed by atoms with Crippen LogP contribution in [0.15, 0.2) is 47.3 Å². The zero-order chi connectivity index (χ0) is 17.3. The number of aryl methyl sites for hydroxylation is 2. The maximum atomic E-state index is 12.5. The van der Waals surface area contributed by atoms with Crippen molar-refractivity contribution in [2.24, 2.45) is 0 Å². The molecule has 3 aromatic rings. The molecule has 0 radical (unpaired) electrons. The van der Waals surface area contributed by atoms with Crippen molar-refractivity contribution in [3.8, 4) is 5.69 Å². The molecule has 1 aromatic heterocycles. The molecule has 0 bridgehead atoms. The van der Waals surface area contributed by atoms with Crippen LogP contribution in [-0.4, -0.2) is 24.7 Å². The number of tetrazole rings is 1. The first-order valence-corrected chi connectivity index (χ1v) is 7.30. The Morgan fingerprint density at radius 2 is 1.83 bits per heavy atom. The van der Waals surface area contributed by atoms with E-state index in [1.807, 2.05) is 25.1 Å². The monoisotopic (exact) mass is 325 g/mol. The van der Waals surface area contributed by atoms with Crippen LogP contribution in [-0.2, 0) is 6.54 Å². The number of para-hydroxylation sites is 1. The zero-order valence-electron chi connectivity index (χ0n) is 13.2. The van der Waals surface area contributed by atoms with Gasteiger partial charge in [-0.3, -0.25) is 10.1 Å². The Kier molecular flexibility index (Phi) is 3.95. The number of hydrogen-bond donors (Lipinski definition) is 0. The van der Waals surface area contributed by atoms with E-state index < -0.39 is 4.92 Å². The van der Waals surface area contributed by atoms with E-state index in [1.54, 1.807) is 25.1 Å². The number of rotatable bonds is 4. The average Bonchev–Trinajstić information content (AvgIpc) is 2.88. The van der Waals surface area contributed by atoms with Crippen LogP contribution in [0.25, 0.3) is 5.69 Å². The molecule has 0 saturated carbocycles. The third-order valence-electron chi connectivity index (χ3n) is 3.77. The maximum absolute atomic E-state index is 12.5. The molecular weight excluding hydrogens is 310 g/mol. The standard InChI is InChI=1S/C16H15N5O3/c1-11-5-3-4-6-14(11)20-16(22)19(17-18-20)10-13-7-8-15(21(23)24)12(2)9-13/h3-9H,10H2,1-2H3. The van der Waals surface area contributed by atoms with E-state index in [1.165, 1.54) is 15.4 Å². The molecule has 0 aliphatic heterocycles. The minimum Gasteiger partial charge on any atom is -0.258 e. The van der Waals surface area contributed by atoms with Crippen molar-refractivity contribution in [3.63, 3.8) is 0 Å². The van der Waals surface area contributed by atoms with Gasteiger partial charge in [0.05, 0.1) is 17.2 Å². The Hall–Kier alpha value is -3.29. The van der Waals surface area contributed by atoms with Crippen molar-refractivity contribution in [2.75, 3.05) is 0 Å². The first-order chi connectivity index (χ1) is 11.5. The van der Waals surface area contributed by atoms with E-state index >= 15 is 0 Å². The molecule has 0 atom stereocenters. The highest BCUT2D eigenvalue weighted by Crippen LogP contribution is 2.19. The molecule has 8 nitrogen and oxygen atoms in total. The summed E-state index contributed by atoms with van der Waals surface area (Å²) in [5, 5.41) is 18.7. The van der Waals surface area contributed by atoms with E-state index in [2.05, 4.69) is 10.4 Å². The molecule has 1 heterocycles. The lowest BCUT2D eigenvalue weighted by atomic mass is 10.1. The summed E-state index contributed by atoms with van der Waals surface area (Å²) < 4.78 is 2.47. The van der Waals surface area contributed by atoms with Crippen molar-refractivity contribution >= 4 is 5.69 Å². The van der Waals surface area contributed by atoms with Gasteiger partial charge in [-0.2, -0.15) is 9.36 Å². The topological polar surface area (TPSA) is 95.8 Å². The Morgan fingerprint density at radius 3 is 2.50 bits per heavy atom. The lowest BCUT2D eigenvalue weighted by Crippen LogP contribution is -2.25. The quantitative estimate of drug-likeness (QED) is 0.540. The number of nitrogens with zero attached hydrogens (tertiary/aromatic N) is 5. The predicted molar refractivity (Wildman–Crippen MR) is 87.3 cm³/mol. The van der Waals surface area contributed by atoms with Gasteiger partial charge in [-0.15, -0.1) is 0 Å². The van der Waals surface area contributed by atoms with Gasteiger partial charge in [0.15, 0.2) is 0 Å². The van der Waals surface area contributed by atoms with Crippen LogP contribution in [0.5, 0.6) is 0 Å². The van der Waals surface area contributed by atoms with E-state index in [0.717, 1.165) is 11.1 Å². The van der Waals surface area contributed by atoms with Gasteiger partial charge in [0.25, 0.3) is 5.69 Å². The fourth-order valence-corrected chi connectivity index (χ4v) is 2.52. The van der Waals surface area contributed by atoms with Crippen molar-refractivity contribution in [1.29, 1.82) is 0 Å². The summed E-state index contributed by atoms with van der Waals surface area (Å²) in [5.74, 6) is 0. The molecule has 24 heavy (non-hydrogen) atoms. The van der Waals surface area contributed by atoms with E-state index in [-0.39, 0.29) is 17.9 Å². The summed E-state index contributed by atoms with van der Waals surface area (Å²) in [6.45, 7) is 3.75. The van der Waals surface area contributed by atoms with Crippen molar-refractivity contribution in [1.82, 2.24) is 19.8 Å². The van der Waals surface area contributed by atoms with Crippen LogP contribution in [0.4, 0.5) is 5.69 Å². The largest absolute Gasteiger partial charge is 0.368 e. The second-order valence-corrected chi connectivity index (χ2v) is 5.50. The van der Waals surface area contributed by atoms with E-state index in [4.69, 9.17) is 0 Å². The fourth-order valence-electron chi connectivity index (χ4n) is 2.52. The summed E-state index contributed by atoms with van der Waals surface area (Å²) >= 11 is 0. The van der Waals surface area contributed by atoms with Crippen molar-refractivity contribution in [2.45, 2.75) is 20.4 Å². The summed E-state index contributed by atoms with van der Waals surface area (Å²) in [4.78, 5) is 22.9. The lowest BCUT2D eigenvalue weighted by molar-refractivity contribution is -0.385. The van der Waals surface area contributed by atoms with Crippen molar-refractivity contribution < 1.29 is 4.92 Å². The summed E-state index contributed by atoms with van der Waals surface area (Å²) in [5.41, 5.74) is 2.57. The third kappa shape index (κ3) is 2.81. The predicted octanol–water partition coefficient (Wildman–Crippen LogP) is 2.00. The highest BCUT2D eigenvalue weighted by Gasteiger charge is 2.13. The Balaban J connectivity index is 1.93. The number of nitro benzene ring substituents is 1. The van der Waals surface area contributed by atoms with Gasteiger partial charge in [-0.25, -0.2) is 4.79 Å².